The van der Waals surface area contributed by atoms with E-state index in [9.17, 15) is 0 Å². The van der Waals surface area contributed by atoms with Crippen LogP contribution in [-0.4, -0.2) is 19.9 Å². The Morgan fingerprint density at radius 2 is 1.17 bits per heavy atom. The van der Waals surface area contributed by atoms with E-state index in [4.69, 9.17) is 23.8 Å². The minimum Gasteiger partial charge on any atom is -0.455 e. The number of nitrogens with zero attached hydrogens (tertiary/aromatic N) is 4. The first-order valence-electron chi connectivity index (χ1n) is 13.7. The van der Waals surface area contributed by atoms with Gasteiger partial charge in [-0.1, -0.05) is 84.9 Å². The molecule has 196 valence electrons. The summed E-state index contributed by atoms with van der Waals surface area (Å²) in [6, 6.07) is 36.6. The predicted molar refractivity (Wildman–Crippen MR) is 166 cm³/mol. The molecule has 0 bridgehead atoms. The summed E-state index contributed by atoms with van der Waals surface area (Å²) in [6.45, 7) is 0. The largest absolute Gasteiger partial charge is 0.455 e. The van der Waals surface area contributed by atoms with Gasteiger partial charge < -0.3 is 8.83 Å². The van der Waals surface area contributed by atoms with E-state index in [1.165, 1.54) is 0 Å². The lowest BCUT2D eigenvalue weighted by molar-refractivity contribution is 0.667. The maximum atomic E-state index is 6.36. The van der Waals surface area contributed by atoms with Gasteiger partial charge in [0.15, 0.2) is 23.1 Å². The van der Waals surface area contributed by atoms with E-state index in [0.29, 0.717) is 23.1 Å². The van der Waals surface area contributed by atoms with Gasteiger partial charge in [-0.2, -0.15) is 0 Å². The first kappa shape index (κ1) is 22.9. The van der Waals surface area contributed by atoms with E-state index >= 15 is 0 Å². The molecule has 9 aromatic rings. The second-order valence-corrected chi connectivity index (χ2v) is 10.3. The molecule has 0 fully saturated rings. The third kappa shape index (κ3) is 3.45. The molecule has 0 aliphatic rings. The molecule has 9 rings (SSSR count). The smallest absolute Gasteiger partial charge is 0.167 e. The van der Waals surface area contributed by atoms with E-state index in [1.54, 1.807) is 6.20 Å². The normalized spacial score (nSPS) is 11.8. The summed E-state index contributed by atoms with van der Waals surface area (Å²) >= 11 is 0. The zero-order valence-electron chi connectivity index (χ0n) is 22.2. The number of para-hydroxylation sites is 2. The zero-order chi connectivity index (χ0) is 27.6. The Balaban J connectivity index is 1.35. The van der Waals surface area contributed by atoms with Crippen molar-refractivity contribution in [1.82, 2.24) is 19.9 Å². The van der Waals surface area contributed by atoms with Crippen molar-refractivity contribution in [3.05, 3.63) is 122 Å². The Morgan fingerprint density at radius 3 is 2.05 bits per heavy atom. The number of hydrogen-bond donors (Lipinski definition) is 0. The predicted octanol–water partition coefficient (Wildman–Crippen LogP) is 9.22. The molecule has 0 spiro atoms. The topological polar surface area (TPSA) is 77.8 Å². The van der Waals surface area contributed by atoms with Crippen LogP contribution in [0, 0.1) is 0 Å². The zero-order valence-corrected chi connectivity index (χ0v) is 22.2. The summed E-state index contributed by atoms with van der Waals surface area (Å²) in [4.78, 5) is 19.5. The van der Waals surface area contributed by atoms with E-state index in [1.807, 2.05) is 79.0 Å². The summed E-state index contributed by atoms with van der Waals surface area (Å²) in [7, 11) is 0. The number of aromatic nitrogens is 4. The summed E-state index contributed by atoms with van der Waals surface area (Å²) in [6.07, 6.45) is 3.56. The molecule has 4 heterocycles. The van der Waals surface area contributed by atoms with Crippen LogP contribution in [0.15, 0.2) is 130 Å². The van der Waals surface area contributed by atoms with Gasteiger partial charge in [0.05, 0.1) is 11.8 Å². The van der Waals surface area contributed by atoms with E-state index in [2.05, 4.69) is 41.4 Å². The number of hydrogen-bond acceptors (Lipinski definition) is 6. The molecule has 42 heavy (non-hydrogen) atoms. The Labute approximate surface area is 238 Å². The second-order valence-electron chi connectivity index (χ2n) is 10.3. The van der Waals surface area contributed by atoms with Crippen molar-refractivity contribution >= 4 is 54.6 Å². The maximum absolute atomic E-state index is 6.36. The van der Waals surface area contributed by atoms with Gasteiger partial charge >= 0.3 is 0 Å². The first-order valence-corrected chi connectivity index (χ1v) is 13.7. The van der Waals surface area contributed by atoms with Crippen LogP contribution >= 0.6 is 0 Å². The lowest BCUT2D eigenvalue weighted by Crippen LogP contribution is -2.00. The van der Waals surface area contributed by atoms with Crippen LogP contribution in [0.2, 0.25) is 0 Å². The molecule has 0 saturated carbocycles. The minimum absolute atomic E-state index is 0.515. The fraction of sp³-hybridized carbons (Fsp3) is 0. The Bertz CT molecular complexity index is 2480. The van der Waals surface area contributed by atoms with Gasteiger partial charge in [0.25, 0.3) is 0 Å². The summed E-state index contributed by atoms with van der Waals surface area (Å²) in [5.41, 5.74) is 5.51. The molecular formula is C36H20N4O2. The van der Waals surface area contributed by atoms with Crippen LogP contribution < -0.4 is 0 Å². The lowest BCUT2D eigenvalue weighted by atomic mass is 10.0. The van der Waals surface area contributed by atoms with Crippen molar-refractivity contribution in [2.75, 3.05) is 0 Å². The fourth-order valence-corrected chi connectivity index (χ4v) is 5.84. The van der Waals surface area contributed by atoms with Crippen LogP contribution in [0.1, 0.15) is 0 Å². The highest BCUT2D eigenvalue weighted by atomic mass is 16.3. The van der Waals surface area contributed by atoms with Crippen molar-refractivity contribution < 1.29 is 8.83 Å². The third-order valence-corrected chi connectivity index (χ3v) is 7.80. The second kappa shape index (κ2) is 8.81. The Hall–Kier alpha value is -5.88. The average molecular weight is 541 g/mol. The third-order valence-electron chi connectivity index (χ3n) is 7.80. The molecular weight excluding hydrogens is 520 g/mol. The monoisotopic (exact) mass is 540 g/mol. The standard InChI is InChI=1S/C36H20N4O2/c1-2-9-21(10-3-1)34-38-35(26-15-8-14-25-24-13-6-7-16-29(24)42-33(25)26)40-36(39-34)28-19-37-20-31-32(28)27-17-22-11-4-5-12-23(22)18-30(27)41-31/h1-20H. The van der Waals surface area contributed by atoms with Crippen molar-refractivity contribution in [2.24, 2.45) is 0 Å². The molecule has 6 nitrogen and oxygen atoms in total. The minimum atomic E-state index is 0.515. The van der Waals surface area contributed by atoms with Gasteiger partial charge in [-0.15, -0.1) is 0 Å². The number of benzene rings is 5. The van der Waals surface area contributed by atoms with Crippen LogP contribution in [0.3, 0.4) is 0 Å². The number of furan rings is 2. The van der Waals surface area contributed by atoms with E-state index < -0.39 is 0 Å². The van der Waals surface area contributed by atoms with Gasteiger partial charge in [0.1, 0.15) is 16.7 Å². The number of pyridine rings is 1. The lowest BCUT2D eigenvalue weighted by Gasteiger charge is -2.09. The highest BCUT2D eigenvalue weighted by Gasteiger charge is 2.20. The van der Waals surface area contributed by atoms with Gasteiger partial charge in [0.2, 0.25) is 0 Å². The molecule has 0 N–H and O–H groups in total. The van der Waals surface area contributed by atoms with E-state index in [0.717, 1.165) is 65.8 Å². The Kier molecular flexibility index (Phi) is 4.80. The molecule has 0 aliphatic heterocycles. The summed E-state index contributed by atoms with van der Waals surface area (Å²) in [5, 5.41) is 6.23. The molecule has 0 unspecified atom stereocenters. The van der Waals surface area contributed by atoms with Gasteiger partial charge in [-0.05, 0) is 35.0 Å². The van der Waals surface area contributed by atoms with E-state index in [-0.39, 0.29) is 0 Å². The summed E-state index contributed by atoms with van der Waals surface area (Å²) in [5.74, 6) is 1.61. The Morgan fingerprint density at radius 1 is 0.452 bits per heavy atom. The molecule has 0 atom stereocenters. The number of fused-ring (bicyclic) bond motifs is 7. The quantitative estimate of drug-likeness (QED) is 0.222. The van der Waals surface area contributed by atoms with Crippen molar-refractivity contribution in [1.29, 1.82) is 0 Å². The van der Waals surface area contributed by atoms with Crippen LogP contribution in [0.25, 0.3) is 88.8 Å². The average Bonchev–Trinajstić information content (AvgIpc) is 3.62. The molecule has 0 saturated heterocycles. The molecule has 0 aliphatic carbocycles. The molecule has 0 radical (unpaired) electrons. The van der Waals surface area contributed by atoms with Gasteiger partial charge in [-0.3, -0.25) is 4.98 Å². The molecule has 0 amide bonds. The van der Waals surface area contributed by atoms with Crippen LogP contribution in [0.4, 0.5) is 0 Å². The van der Waals surface area contributed by atoms with Crippen molar-refractivity contribution in [2.45, 2.75) is 0 Å². The van der Waals surface area contributed by atoms with Crippen LogP contribution in [0.5, 0.6) is 0 Å². The SMILES string of the molecule is c1ccc(-c2nc(-c3cccc4c3oc3ccccc34)nc(-c3cncc4oc5cc6ccccc6cc5c34)n2)cc1. The highest BCUT2D eigenvalue weighted by Crippen LogP contribution is 2.39. The fourth-order valence-electron chi connectivity index (χ4n) is 5.84. The van der Waals surface area contributed by atoms with Gasteiger partial charge in [0, 0.05) is 38.9 Å². The highest BCUT2D eigenvalue weighted by molar-refractivity contribution is 6.15. The van der Waals surface area contributed by atoms with Crippen molar-refractivity contribution in [3.63, 3.8) is 0 Å². The van der Waals surface area contributed by atoms with Crippen LogP contribution in [-0.2, 0) is 0 Å². The van der Waals surface area contributed by atoms with Crippen molar-refractivity contribution in [3.8, 4) is 34.2 Å². The molecule has 5 aromatic carbocycles. The molecule has 4 aromatic heterocycles. The molecule has 6 heteroatoms. The number of rotatable bonds is 3. The maximum Gasteiger partial charge on any atom is 0.167 e. The van der Waals surface area contributed by atoms with Gasteiger partial charge in [-0.25, -0.2) is 15.0 Å². The first-order chi connectivity index (χ1) is 20.8. The summed E-state index contributed by atoms with van der Waals surface area (Å²) < 4.78 is 12.7.